The molecule has 0 aliphatic heterocycles. The number of rotatable bonds is 2. The van der Waals surface area contributed by atoms with Crippen LogP contribution in [0.2, 0.25) is 0 Å². The predicted molar refractivity (Wildman–Crippen MR) is 91.2 cm³/mol. The van der Waals surface area contributed by atoms with Crippen molar-refractivity contribution in [3.8, 4) is 28.5 Å². The van der Waals surface area contributed by atoms with Crippen LogP contribution in [0, 0.1) is 18.3 Å². The molecule has 0 saturated heterocycles. The van der Waals surface area contributed by atoms with Crippen LogP contribution < -0.4 is 11.5 Å². The molecule has 3 rings (SSSR count). The molecule has 0 radical (unpaired) electrons. The summed E-state index contributed by atoms with van der Waals surface area (Å²) in [5.41, 5.74) is 16.3. The van der Waals surface area contributed by atoms with E-state index in [1.165, 1.54) is 5.56 Å². The number of aryl methyl sites for hydroxylation is 1. The van der Waals surface area contributed by atoms with Crippen LogP contribution >= 0.6 is 0 Å². The Morgan fingerprint density at radius 1 is 0.826 bits per heavy atom. The van der Waals surface area contributed by atoms with E-state index in [-0.39, 0.29) is 17.3 Å². The standard InChI is InChI=1S/C18H15N5/c1-11-2-4-12(5-3-11)13-6-8-14(9-7-13)16-15(10-19)17(20)23-18(21)22-16/h2-9H,1H3,(H4,20,21,22,23). The fourth-order valence-corrected chi connectivity index (χ4v) is 2.38. The van der Waals surface area contributed by atoms with Gasteiger partial charge < -0.3 is 11.5 Å². The van der Waals surface area contributed by atoms with E-state index >= 15 is 0 Å². The first-order valence-electron chi connectivity index (χ1n) is 7.09. The van der Waals surface area contributed by atoms with Crippen molar-refractivity contribution in [1.82, 2.24) is 9.97 Å². The van der Waals surface area contributed by atoms with Gasteiger partial charge in [-0.05, 0) is 18.1 Å². The van der Waals surface area contributed by atoms with Gasteiger partial charge in [0.15, 0.2) is 0 Å². The normalized spacial score (nSPS) is 10.3. The van der Waals surface area contributed by atoms with Crippen LogP contribution in [0.3, 0.4) is 0 Å². The van der Waals surface area contributed by atoms with Crippen LogP contribution in [0.15, 0.2) is 48.5 Å². The van der Waals surface area contributed by atoms with Gasteiger partial charge in [-0.2, -0.15) is 10.2 Å². The van der Waals surface area contributed by atoms with E-state index in [4.69, 9.17) is 11.5 Å². The molecule has 0 atom stereocenters. The highest BCUT2D eigenvalue weighted by molar-refractivity contribution is 5.75. The summed E-state index contributed by atoms with van der Waals surface area (Å²) in [6.07, 6.45) is 0. The first-order valence-corrected chi connectivity index (χ1v) is 7.09. The third kappa shape index (κ3) is 2.83. The summed E-state index contributed by atoms with van der Waals surface area (Å²) >= 11 is 0. The van der Waals surface area contributed by atoms with Gasteiger partial charge in [-0.1, -0.05) is 54.1 Å². The van der Waals surface area contributed by atoms with Gasteiger partial charge in [0, 0.05) is 5.56 Å². The predicted octanol–water partition coefficient (Wildman–Crippen LogP) is 3.16. The second-order valence-electron chi connectivity index (χ2n) is 5.25. The van der Waals surface area contributed by atoms with Crippen molar-refractivity contribution in [2.45, 2.75) is 6.92 Å². The van der Waals surface area contributed by atoms with E-state index < -0.39 is 0 Å². The summed E-state index contributed by atoms with van der Waals surface area (Å²) in [7, 11) is 0. The Morgan fingerprint density at radius 3 is 1.91 bits per heavy atom. The second kappa shape index (κ2) is 5.78. The Morgan fingerprint density at radius 2 is 1.35 bits per heavy atom. The monoisotopic (exact) mass is 301 g/mol. The number of nitrogen functional groups attached to an aromatic ring is 2. The van der Waals surface area contributed by atoms with Gasteiger partial charge in [0.25, 0.3) is 0 Å². The molecule has 1 aromatic heterocycles. The van der Waals surface area contributed by atoms with Crippen LogP contribution in [0.5, 0.6) is 0 Å². The molecule has 4 N–H and O–H groups in total. The first kappa shape index (κ1) is 14.5. The van der Waals surface area contributed by atoms with E-state index in [2.05, 4.69) is 41.2 Å². The van der Waals surface area contributed by atoms with Gasteiger partial charge in [0.1, 0.15) is 17.5 Å². The van der Waals surface area contributed by atoms with Crippen molar-refractivity contribution >= 4 is 11.8 Å². The minimum Gasteiger partial charge on any atom is -0.382 e. The zero-order valence-corrected chi connectivity index (χ0v) is 12.6. The highest BCUT2D eigenvalue weighted by Crippen LogP contribution is 2.28. The van der Waals surface area contributed by atoms with Crippen LogP contribution in [0.4, 0.5) is 11.8 Å². The summed E-state index contributed by atoms with van der Waals surface area (Å²) in [4.78, 5) is 7.98. The summed E-state index contributed by atoms with van der Waals surface area (Å²) in [5, 5.41) is 9.26. The SMILES string of the molecule is Cc1ccc(-c2ccc(-c3nc(N)nc(N)c3C#N)cc2)cc1. The molecular weight excluding hydrogens is 286 g/mol. The van der Waals surface area contributed by atoms with Gasteiger partial charge >= 0.3 is 0 Å². The smallest absolute Gasteiger partial charge is 0.222 e. The summed E-state index contributed by atoms with van der Waals surface area (Å²) in [6.45, 7) is 2.06. The van der Waals surface area contributed by atoms with Crippen molar-refractivity contribution in [3.63, 3.8) is 0 Å². The summed E-state index contributed by atoms with van der Waals surface area (Å²) in [5.74, 6) is 0.150. The average molecular weight is 301 g/mol. The van der Waals surface area contributed by atoms with E-state index in [0.717, 1.165) is 16.7 Å². The molecule has 0 unspecified atom stereocenters. The Labute approximate surface area is 134 Å². The Hall–Kier alpha value is -3.39. The minimum absolute atomic E-state index is 0.0547. The number of anilines is 2. The van der Waals surface area contributed by atoms with Gasteiger partial charge in [0.05, 0.1) is 5.69 Å². The van der Waals surface area contributed by atoms with Gasteiger partial charge in [-0.25, -0.2) is 4.98 Å². The fraction of sp³-hybridized carbons (Fsp3) is 0.0556. The number of nitriles is 1. The topological polar surface area (TPSA) is 102 Å². The van der Waals surface area contributed by atoms with Gasteiger partial charge in [-0.3, -0.25) is 0 Å². The maximum atomic E-state index is 9.26. The highest BCUT2D eigenvalue weighted by Gasteiger charge is 2.13. The molecule has 0 aliphatic carbocycles. The van der Waals surface area contributed by atoms with Crippen molar-refractivity contribution in [3.05, 3.63) is 59.7 Å². The number of benzene rings is 2. The third-order valence-electron chi connectivity index (χ3n) is 3.61. The molecule has 1 heterocycles. The molecule has 112 valence electrons. The number of nitrogens with two attached hydrogens (primary N) is 2. The molecule has 0 bridgehead atoms. The lowest BCUT2D eigenvalue weighted by atomic mass is 10.0. The number of hydrogen-bond donors (Lipinski definition) is 2. The minimum atomic E-state index is 0.0547. The molecule has 0 aliphatic rings. The zero-order chi connectivity index (χ0) is 16.4. The van der Waals surface area contributed by atoms with Crippen LogP contribution in [-0.2, 0) is 0 Å². The lowest BCUT2D eigenvalue weighted by Crippen LogP contribution is -2.04. The lowest BCUT2D eigenvalue weighted by molar-refractivity contribution is 1.18. The highest BCUT2D eigenvalue weighted by atomic mass is 15.0. The van der Waals surface area contributed by atoms with Gasteiger partial charge in [-0.15, -0.1) is 0 Å². The van der Waals surface area contributed by atoms with Crippen molar-refractivity contribution in [2.24, 2.45) is 0 Å². The largest absolute Gasteiger partial charge is 0.382 e. The fourth-order valence-electron chi connectivity index (χ4n) is 2.38. The van der Waals surface area contributed by atoms with E-state index in [9.17, 15) is 5.26 Å². The molecule has 0 amide bonds. The van der Waals surface area contributed by atoms with E-state index in [1.807, 2.05) is 30.3 Å². The average Bonchev–Trinajstić information content (AvgIpc) is 2.55. The maximum Gasteiger partial charge on any atom is 0.222 e. The number of nitrogens with zero attached hydrogens (tertiary/aromatic N) is 3. The number of hydrogen-bond acceptors (Lipinski definition) is 5. The van der Waals surface area contributed by atoms with Crippen LogP contribution in [-0.4, -0.2) is 9.97 Å². The maximum absolute atomic E-state index is 9.26. The molecule has 0 fully saturated rings. The first-order chi connectivity index (χ1) is 11.1. The Bertz CT molecular complexity index is 890. The quantitative estimate of drug-likeness (QED) is 0.757. The van der Waals surface area contributed by atoms with Crippen LogP contribution in [0.25, 0.3) is 22.4 Å². The molecule has 3 aromatic rings. The van der Waals surface area contributed by atoms with Crippen molar-refractivity contribution in [1.29, 1.82) is 5.26 Å². The van der Waals surface area contributed by atoms with E-state index in [0.29, 0.717) is 5.69 Å². The van der Waals surface area contributed by atoms with Crippen molar-refractivity contribution < 1.29 is 0 Å². The molecule has 23 heavy (non-hydrogen) atoms. The molecular formula is C18H15N5. The lowest BCUT2D eigenvalue weighted by Gasteiger charge is -2.08. The molecule has 5 heteroatoms. The number of aromatic nitrogens is 2. The Kier molecular flexibility index (Phi) is 3.65. The second-order valence-corrected chi connectivity index (χ2v) is 5.25. The van der Waals surface area contributed by atoms with Gasteiger partial charge in [0.2, 0.25) is 5.95 Å². The Balaban J connectivity index is 2.04. The van der Waals surface area contributed by atoms with Crippen molar-refractivity contribution in [2.75, 3.05) is 11.5 Å². The summed E-state index contributed by atoms with van der Waals surface area (Å²) < 4.78 is 0. The summed E-state index contributed by atoms with van der Waals surface area (Å²) in [6, 6.07) is 18.1. The molecule has 0 saturated carbocycles. The third-order valence-corrected chi connectivity index (χ3v) is 3.61. The molecule has 5 nitrogen and oxygen atoms in total. The van der Waals surface area contributed by atoms with E-state index in [1.54, 1.807) is 0 Å². The molecule has 0 spiro atoms. The van der Waals surface area contributed by atoms with Crippen LogP contribution in [0.1, 0.15) is 11.1 Å². The zero-order valence-electron chi connectivity index (χ0n) is 12.6. The molecule has 2 aromatic carbocycles.